The van der Waals surface area contributed by atoms with Crippen molar-refractivity contribution in [2.45, 2.75) is 6.18 Å². The molecule has 0 saturated carbocycles. The maximum absolute atomic E-state index is 12.7. The molecule has 0 fully saturated rings. The van der Waals surface area contributed by atoms with E-state index in [4.69, 9.17) is 16.9 Å². The van der Waals surface area contributed by atoms with E-state index in [1.54, 1.807) is 36.4 Å². The predicted molar refractivity (Wildman–Crippen MR) is 66.6 cm³/mol. The fourth-order valence-corrected chi connectivity index (χ4v) is 2.08. The van der Waals surface area contributed by atoms with E-state index in [-0.39, 0.29) is 5.56 Å². The fraction of sp³-hybridized carbons (Fsp3) is 0.0714. The minimum absolute atomic E-state index is 0.164. The largest absolute Gasteiger partial charge is 0.417 e. The van der Waals surface area contributed by atoms with E-state index >= 15 is 0 Å². The van der Waals surface area contributed by atoms with Gasteiger partial charge >= 0.3 is 6.18 Å². The summed E-state index contributed by atoms with van der Waals surface area (Å²) < 4.78 is 38.1. The van der Waals surface area contributed by atoms with Crippen LogP contribution in [0.5, 0.6) is 0 Å². The molecule has 0 aliphatic heterocycles. The molecule has 0 spiro atoms. The number of rotatable bonds is 1. The molecule has 0 aliphatic rings. The predicted octanol–water partition coefficient (Wildman–Crippen LogP) is 4.90. The first-order valence-corrected chi connectivity index (χ1v) is 5.68. The summed E-state index contributed by atoms with van der Waals surface area (Å²) in [5, 5.41) is 8.49. The molecule has 0 bridgehead atoms. The van der Waals surface area contributed by atoms with Gasteiger partial charge in [0.15, 0.2) is 0 Å². The third-order valence-electron chi connectivity index (χ3n) is 2.64. The zero-order chi connectivity index (χ0) is 14.0. The first-order chi connectivity index (χ1) is 8.95. The fourth-order valence-electron chi connectivity index (χ4n) is 1.76. The Kier molecular flexibility index (Phi) is 3.50. The number of alkyl halides is 3. The van der Waals surface area contributed by atoms with Crippen LogP contribution in [0, 0.1) is 11.3 Å². The van der Waals surface area contributed by atoms with Crippen molar-refractivity contribution >= 4 is 11.6 Å². The van der Waals surface area contributed by atoms with E-state index in [1.807, 2.05) is 0 Å². The molecule has 0 aliphatic carbocycles. The second-order valence-corrected chi connectivity index (χ2v) is 4.20. The number of hydrogen-bond acceptors (Lipinski definition) is 1. The number of nitrogens with zero attached hydrogens (tertiary/aromatic N) is 1. The Morgan fingerprint density at radius 1 is 1.00 bits per heavy atom. The molecule has 19 heavy (non-hydrogen) atoms. The molecule has 1 nitrogen and oxygen atoms in total. The van der Waals surface area contributed by atoms with Gasteiger partial charge in [-0.25, -0.2) is 0 Å². The second kappa shape index (κ2) is 4.94. The van der Waals surface area contributed by atoms with E-state index in [2.05, 4.69) is 0 Å². The van der Waals surface area contributed by atoms with Crippen LogP contribution in [0.4, 0.5) is 13.2 Å². The summed E-state index contributed by atoms with van der Waals surface area (Å²) in [6.07, 6.45) is -4.57. The minimum atomic E-state index is -4.57. The number of nitriles is 1. The quantitative estimate of drug-likeness (QED) is 0.729. The summed E-state index contributed by atoms with van der Waals surface area (Å²) in [5.41, 5.74) is -0.121. The molecule has 0 unspecified atom stereocenters. The Labute approximate surface area is 112 Å². The van der Waals surface area contributed by atoms with Crippen LogP contribution in [0.25, 0.3) is 11.1 Å². The SMILES string of the molecule is N#Cc1c(-c2ccccc2)ccc(C(F)(F)F)c1Cl. The molecule has 0 amide bonds. The Morgan fingerprint density at radius 2 is 1.63 bits per heavy atom. The van der Waals surface area contributed by atoms with Gasteiger partial charge in [0.2, 0.25) is 0 Å². The molecule has 0 heterocycles. The van der Waals surface area contributed by atoms with Crippen LogP contribution in [0.15, 0.2) is 42.5 Å². The molecular formula is C14H7ClF3N. The summed E-state index contributed by atoms with van der Waals surface area (Å²) >= 11 is 5.71. The van der Waals surface area contributed by atoms with Crippen LogP contribution in [0.3, 0.4) is 0 Å². The highest BCUT2D eigenvalue weighted by Gasteiger charge is 2.34. The average molecular weight is 282 g/mol. The minimum Gasteiger partial charge on any atom is -0.192 e. The zero-order valence-electron chi connectivity index (χ0n) is 9.50. The van der Waals surface area contributed by atoms with Gasteiger partial charge in [0, 0.05) is 5.56 Å². The Balaban J connectivity index is 2.68. The molecule has 0 saturated heterocycles. The number of hydrogen-bond donors (Lipinski definition) is 0. The second-order valence-electron chi connectivity index (χ2n) is 3.83. The lowest BCUT2D eigenvalue weighted by molar-refractivity contribution is -0.137. The third-order valence-corrected chi connectivity index (χ3v) is 3.04. The van der Waals surface area contributed by atoms with Crippen molar-refractivity contribution in [3.63, 3.8) is 0 Å². The molecule has 0 aromatic heterocycles. The van der Waals surface area contributed by atoms with E-state index in [0.29, 0.717) is 11.1 Å². The molecule has 0 radical (unpaired) electrons. The molecule has 5 heteroatoms. The summed E-state index contributed by atoms with van der Waals surface area (Å²) in [4.78, 5) is 0. The van der Waals surface area contributed by atoms with E-state index < -0.39 is 16.8 Å². The molecule has 96 valence electrons. The lowest BCUT2D eigenvalue weighted by Gasteiger charge is -2.12. The molecule has 2 rings (SSSR count). The molecule has 0 N–H and O–H groups in total. The smallest absolute Gasteiger partial charge is 0.192 e. The van der Waals surface area contributed by atoms with Crippen LogP contribution < -0.4 is 0 Å². The lowest BCUT2D eigenvalue weighted by Crippen LogP contribution is -2.07. The number of benzene rings is 2. The maximum atomic E-state index is 12.7. The summed E-state index contributed by atoms with van der Waals surface area (Å²) in [6, 6.07) is 12.6. The van der Waals surface area contributed by atoms with Gasteiger partial charge in [-0.15, -0.1) is 0 Å². The van der Waals surface area contributed by atoms with Crippen molar-refractivity contribution in [3.05, 3.63) is 58.6 Å². The van der Waals surface area contributed by atoms with Crippen LogP contribution in [0.2, 0.25) is 5.02 Å². The highest BCUT2D eigenvalue weighted by atomic mass is 35.5. The Morgan fingerprint density at radius 3 is 2.16 bits per heavy atom. The Bertz CT molecular complexity index is 642. The first-order valence-electron chi connectivity index (χ1n) is 5.30. The van der Waals surface area contributed by atoms with Crippen molar-refractivity contribution in [2.75, 3.05) is 0 Å². The van der Waals surface area contributed by atoms with Gasteiger partial charge < -0.3 is 0 Å². The van der Waals surface area contributed by atoms with Gasteiger partial charge in [0.1, 0.15) is 6.07 Å². The normalized spacial score (nSPS) is 11.1. The average Bonchev–Trinajstić information content (AvgIpc) is 2.37. The van der Waals surface area contributed by atoms with Gasteiger partial charge in [-0.05, 0) is 11.6 Å². The summed E-state index contributed by atoms with van der Waals surface area (Å²) in [6.45, 7) is 0. The van der Waals surface area contributed by atoms with Gasteiger partial charge in [-0.2, -0.15) is 18.4 Å². The third kappa shape index (κ3) is 2.56. The van der Waals surface area contributed by atoms with E-state index in [0.717, 1.165) is 6.07 Å². The number of halogens is 4. The highest BCUT2D eigenvalue weighted by Crippen LogP contribution is 2.39. The molecule has 0 atom stereocenters. The van der Waals surface area contributed by atoms with Crippen LogP contribution >= 0.6 is 11.6 Å². The van der Waals surface area contributed by atoms with Gasteiger partial charge in [0.25, 0.3) is 0 Å². The maximum Gasteiger partial charge on any atom is 0.417 e. The molecule has 2 aromatic rings. The van der Waals surface area contributed by atoms with Gasteiger partial charge in [0.05, 0.1) is 16.1 Å². The van der Waals surface area contributed by atoms with Crippen LogP contribution in [0.1, 0.15) is 11.1 Å². The first kappa shape index (κ1) is 13.4. The van der Waals surface area contributed by atoms with Crippen molar-refractivity contribution in [2.24, 2.45) is 0 Å². The Hall–Kier alpha value is -1.99. The van der Waals surface area contributed by atoms with E-state index in [9.17, 15) is 13.2 Å². The van der Waals surface area contributed by atoms with Crippen molar-refractivity contribution < 1.29 is 13.2 Å². The summed E-state index contributed by atoms with van der Waals surface area (Å²) in [5.74, 6) is 0. The topological polar surface area (TPSA) is 23.8 Å². The standard InChI is InChI=1S/C14H7ClF3N/c15-13-11(8-19)10(9-4-2-1-3-5-9)6-7-12(13)14(16,17)18/h1-7H. The van der Waals surface area contributed by atoms with Crippen LogP contribution in [-0.2, 0) is 6.18 Å². The highest BCUT2D eigenvalue weighted by molar-refractivity contribution is 6.33. The van der Waals surface area contributed by atoms with Crippen LogP contribution in [-0.4, -0.2) is 0 Å². The molecular weight excluding hydrogens is 275 g/mol. The van der Waals surface area contributed by atoms with Gasteiger partial charge in [-0.1, -0.05) is 48.0 Å². The summed E-state index contributed by atoms with van der Waals surface area (Å²) in [7, 11) is 0. The monoisotopic (exact) mass is 281 g/mol. The van der Waals surface area contributed by atoms with Crippen molar-refractivity contribution in [3.8, 4) is 17.2 Å². The van der Waals surface area contributed by atoms with Gasteiger partial charge in [-0.3, -0.25) is 0 Å². The van der Waals surface area contributed by atoms with Crippen molar-refractivity contribution in [1.82, 2.24) is 0 Å². The lowest BCUT2D eigenvalue weighted by atomic mass is 9.98. The molecule has 2 aromatic carbocycles. The van der Waals surface area contributed by atoms with Crippen molar-refractivity contribution in [1.29, 1.82) is 5.26 Å². The zero-order valence-corrected chi connectivity index (χ0v) is 10.3. The van der Waals surface area contributed by atoms with E-state index in [1.165, 1.54) is 6.07 Å².